The number of thioether (sulfide) groups is 1. The molecule has 1 aliphatic heterocycles. The fraction of sp³-hybridized carbons (Fsp3) is 0.375. The Morgan fingerprint density at radius 1 is 1.36 bits per heavy atom. The van der Waals surface area contributed by atoms with Crippen LogP contribution in [0.4, 0.5) is 4.79 Å². The molecular formula is C16H18ClNO3S. The zero-order valence-corrected chi connectivity index (χ0v) is 14.3. The average molecular weight is 340 g/mol. The van der Waals surface area contributed by atoms with Gasteiger partial charge in [-0.15, -0.1) is 0 Å². The Morgan fingerprint density at radius 3 is 2.64 bits per heavy atom. The van der Waals surface area contributed by atoms with E-state index in [4.69, 9.17) is 16.3 Å². The van der Waals surface area contributed by atoms with E-state index in [1.165, 1.54) is 4.90 Å². The van der Waals surface area contributed by atoms with Gasteiger partial charge in [-0.25, -0.2) is 0 Å². The molecule has 1 fully saturated rings. The first-order valence-electron chi connectivity index (χ1n) is 7.17. The maximum absolute atomic E-state index is 12.0. The minimum Gasteiger partial charge on any atom is -0.489 e. The summed E-state index contributed by atoms with van der Waals surface area (Å²) in [4.78, 5) is 25.4. The molecule has 1 aliphatic rings. The largest absolute Gasteiger partial charge is 0.489 e. The third-order valence-corrected chi connectivity index (χ3v) is 4.55. The van der Waals surface area contributed by atoms with E-state index in [0.29, 0.717) is 22.2 Å². The van der Waals surface area contributed by atoms with Crippen LogP contribution in [0.25, 0.3) is 6.08 Å². The van der Waals surface area contributed by atoms with Crippen molar-refractivity contribution in [2.24, 2.45) is 0 Å². The van der Waals surface area contributed by atoms with Crippen LogP contribution in [0.1, 0.15) is 32.8 Å². The number of carbonyl (C=O) groups is 2. The molecule has 0 radical (unpaired) electrons. The van der Waals surface area contributed by atoms with E-state index in [2.05, 4.69) is 0 Å². The third kappa shape index (κ3) is 3.65. The normalized spacial score (nSPS) is 18.2. The molecule has 0 aromatic heterocycles. The molecule has 2 amide bonds. The lowest BCUT2D eigenvalue weighted by molar-refractivity contribution is -0.122. The lowest BCUT2D eigenvalue weighted by Crippen LogP contribution is -2.27. The highest BCUT2D eigenvalue weighted by molar-refractivity contribution is 8.18. The first-order chi connectivity index (χ1) is 10.5. The van der Waals surface area contributed by atoms with Crippen molar-refractivity contribution in [2.75, 3.05) is 6.54 Å². The molecule has 22 heavy (non-hydrogen) atoms. The second kappa shape index (κ2) is 7.20. The molecule has 1 saturated heterocycles. The molecule has 1 aromatic rings. The van der Waals surface area contributed by atoms with E-state index in [-0.39, 0.29) is 17.3 Å². The van der Waals surface area contributed by atoms with Gasteiger partial charge in [-0.1, -0.05) is 24.6 Å². The van der Waals surface area contributed by atoms with Crippen LogP contribution in [0.3, 0.4) is 0 Å². The van der Waals surface area contributed by atoms with E-state index in [1.54, 1.807) is 25.1 Å². The molecule has 0 unspecified atom stereocenters. The summed E-state index contributed by atoms with van der Waals surface area (Å²) < 4.78 is 5.70. The first kappa shape index (κ1) is 16.9. The standard InChI is InChI=1S/C16H18ClNO3S/c1-4-10(3)21-13-7-6-11(8-12(13)17)9-14-15(19)18(5-2)16(20)22-14/h6-10H,4-5H2,1-3H3/b14-9+/t10-/m0/s1. The van der Waals surface area contributed by atoms with Crippen molar-refractivity contribution in [3.05, 3.63) is 33.7 Å². The number of hydrogen-bond donors (Lipinski definition) is 0. The Bertz CT molecular complexity index is 630. The highest BCUT2D eigenvalue weighted by atomic mass is 35.5. The third-order valence-electron chi connectivity index (χ3n) is 3.35. The highest BCUT2D eigenvalue weighted by Gasteiger charge is 2.33. The van der Waals surface area contributed by atoms with Gasteiger partial charge in [0.2, 0.25) is 0 Å². The zero-order chi connectivity index (χ0) is 16.3. The summed E-state index contributed by atoms with van der Waals surface area (Å²) in [5, 5.41) is 0.255. The topological polar surface area (TPSA) is 46.6 Å². The summed E-state index contributed by atoms with van der Waals surface area (Å²) >= 11 is 7.16. The Kier molecular flexibility index (Phi) is 5.53. The predicted molar refractivity (Wildman–Crippen MR) is 90.2 cm³/mol. The molecule has 2 rings (SSSR count). The molecule has 1 aromatic carbocycles. The van der Waals surface area contributed by atoms with Gasteiger partial charge in [0.1, 0.15) is 5.75 Å². The van der Waals surface area contributed by atoms with E-state index < -0.39 is 0 Å². The molecule has 0 spiro atoms. The van der Waals surface area contributed by atoms with Gasteiger partial charge in [-0.3, -0.25) is 14.5 Å². The Balaban J connectivity index is 2.21. The number of imide groups is 1. The minimum atomic E-state index is -0.256. The number of hydrogen-bond acceptors (Lipinski definition) is 4. The van der Waals surface area contributed by atoms with E-state index in [1.807, 2.05) is 19.9 Å². The maximum Gasteiger partial charge on any atom is 0.293 e. The van der Waals surface area contributed by atoms with Crippen molar-refractivity contribution in [3.63, 3.8) is 0 Å². The maximum atomic E-state index is 12.0. The smallest absolute Gasteiger partial charge is 0.293 e. The predicted octanol–water partition coefficient (Wildman–Crippen LogP) is 4.57. The molecule has 0 bridgehead atoms. The van der Waals surface area contributed by atoms with Crippen LogP contribution in [-0.4, -0.2) is 28.7 Å². The van der Waals surface area contributed by atoms with Gasteiger partial charge in [0, 0.05) is 6.54 Å². The second-order valence-electron chi connectivity index (χ2n) is 4.95. The van der Waals surface area contributed by atoms with Crippen LogP contribution in [-0.2, 0) is 4.79 Å². The molecule has 0 N–H and O–H groups in total. The number of carbonyl (C=O) groups excluding carboxylic acids is 2. The summed E-state index contributed by atoms with van der Waals surface area (Å²) in [6.07, 6.45) is 2.66. The second-order valence-corrected chi connectivity index (χ2v) is 6.35. The van der Waals surface area contributed by atoms with Gasteiger partial charge in [0.05, 0.1) is 16.0 Å². The number of likely N-dealkylation sites (N-methyl/N-ethyl adjacent to an activating group) is 1. The number of benzene rings is 1. The van der Waals surface area contributed by atoms with Crippen LogP contribution in [0.2, 0.25) is 5.02 Å². The Labute approximate surface area is 139 Å². The molecule has 4 nitrogen and oxygen atoms in total. The van der Waals surface area contributed by atoms with E-state index in [9.17, 15) is 9.59 Å². The highest BCUT2D eigenvalue weighted by Crippen LogP contribution is 2.33. The molecular weight excluding hydrogens is 322 g/mol. The lowest BCUT2D eigenvalue weighted by atomic mass is 10.2. The number of rotatable bonds is 5. The van der Waals surface area contributed by atoms with E-state index >= 15 is 0 Å². The van der Waals surface area contributed by atoms with E-state index in [0.717, 1.165) is 23.7 Å². The number of amides is 2. The quantitative estimate of drug-likeness (QED) is 0.737. The first-order valence-corrected chi connectivity index (χ1v) is 8.37. The van der Waals surface area contributed by atoms with Crippen LogP contribution in [0, 0.1) is 0 Å². The van der Waals surface area contributed by atoms with Gasteiger partial charge in [0.25, 0.3) is 11.1 Å². The van der Waals surface area contributed by atoms with Crippen LogP contribution in [0.15, 0.2) is 23.1 Å². The fourth-order valence-electron chi connectivity index (χ4n) is 1.93. The summed E-state index contributed by atoms with van der Waals surface area (Å²) in [6.45, 7) is 6.17. The van der Waals surface area contributed by atoms with Crippen molar-refractivity contribution in [3.8, 4) is 5.75 Å². The molecule has 118 valence electrons. The molecule has 0 aliphatic carbocycles. The molecule has 1 heterocycles. The number of ether oxygens (including phenoxy) is 1. The SMILES string of the molecule is CC[C@H](C)Oc1ccc(/C=C2/SC(=O)N(CC)C2=O)cc1Cl. The van der Waals surface area contributed by atoms with Crippen LogP contribution >= 0.6 is 23.4 Å². The Hall–Kier alpha value is -1.46. The molecule has 6 heteroatoms. The van der Waals surface area contributed by atoms with Crippen molar-refractivity contribution in [2.45, 2.75) is 33.3 Å². The van der Waals surface area contributed by atoms with Gasteiger partial charge in [-0.05, 0) is 55.8 Å². The molecule has 0 saturated carbocycles. The van der Waals surface area contributed by atoms with Crippen molar-refractivity contribution < 1.29 is 14.3 Å². The lowest BCUT2D eigenvalue weighted by Gasteiger charge is -2.14. The Morgan fingerprint density at radius 2 is 2.09 bits per heavy atom. The fourth-order valence-corrected chi connectivity index (χ4v) is 3.06. The zero-order valence-electron chi connectivity index (χ0n) is 12.8. The monoisotopic (exact) mass is 339 g/mol. The summed E-state index contributed by atoms with van der Waals surface area (Å²) in [7, 11) is 0. The van der Waals surface area contributed by atoms with Gasteiger partial charge in [-0.2, -0.15) is 0 Å². The van der Waals surface area contributed by atoms with Crippen LogP contribution < -0.4 is 4.74 Å². The summed E-state index contributed by atoms with van der Waals surface area (Å²) in [5.74, 6) is 0.364. The van der Waals surface area contributed by atoms with Gasteiger partial charge >= 0.3 is 0 Å². The average Bonchev–Trinajstić information content (AvgIpc) is 2.75. The van der Waals surface area contributed by atoms with Crippen LogP contribution in [0.5, 0.6) is 5.75 Å². The van der Waals surface area contributed by atoms with Gasteiger partial charge < -0.3 is 4.74 Å². The van der Waals surface area contributed by atoms with Gasteiger partial charge in [0.15, 0.2) is 0 Å². The summed E-state index contributed by atoms with van der Waals surface area (Å²) in [6, 6.07) is 5.34. The van der Waals surface area contributed by atoms with Crippen molar-refractivity contribution in [1.29, 1.82) is 0 Å². The minimum absolute atomic E-state index is 0.0874. The molecule has 1 atom stereocenters. The van der Waals surface area contributed by atoms with Crippen molar-refractivity contribution in [1.82, 2.24) is 4.90 Å². The summed E-state index contributed by atoms with van der Waals surface area (Å²) in [5.41, 5.74) is 0.767. The number of halogens is 1. The number of nitrogens with zero attached hydrogens (tertiary/aromatic N) is 1. The van der Waals surface area contributed by atoms with Crippen molar-refractivity contribution >= 4 is 40.6 Å².